The van der Waals surface area contributed by atoms with E-state index >= 15 is 0 Å². The molecule has 0 saturated heterocycles. The molecule has 2 aliphatic rings. The van der Waals surface area contributed by atoms with E-state index in [4.69, 9.17) is 9.47 Å². The van der Waals surface area contributed by atoms with Gasteiger partial charge < -0.3 is 14.8 Å². The standard InChI is InChI=1S/C19H14FNO3/c1-23-7-6-11-2-4-14-12(8-11)10-24-18(14)17-15-9-13(20)3-5-16(15)21-19(17)22/h2-9H,10H2,1H3,(H,21,22). The van der Waals surface area contributed by atoms with Crippen molar-refractivity contribution in [3.05, 3.63) is 70.7 Å². The van der Waals surface area contributed by atoms with Crippen LogP contribution in [0, 0.1) is 5.82 Å². The first kappa shape index (κ1) is 14.5. The average molecular weight is 323 g/mol. The van der Waals surface area contributed by atoms with Crippen LogP contribution in [0.5, 0.6) is 0 Å². The molecule has 0 unspecified atom stereocenters. The molecule has 0 atom stereocenters. The molecule has 0 saturated carbocycles. The van der Waals surface area contributed by atoms with E-state index in [1.165, 1.54) is 12.1 Å². The SMILES string of the molecule is COC=Cc1ccc2c(c1)COC2=C1C(=O)Nc2ccc(F)cc21. The second-order valence-corrected chi connectivity index (χ2v) is 5.59. The molecule has 5 heteroatoms. The lowest BCUT2D eigenvalue weighted by Gasteiger charge is -2.05. The fourth-order valence-electron chi connectivity index (χ4n) is 3.00. The van der Waals surface area contributed by atoms with Crippen molar-refractivity contribution >= 4 is 29.0 Å². The summed E-state index contributed by atoms with van der Waals surface area (Å²) in [6.45, 7) is 0.376. The van der Waals surface area contributed by atoms with Crippen LogP contribution in [0.1, 0.15) is 22.3 Å². The molecule has 0 spiro atoms. The predicted octanol–water partition coefficient (Wildman–Crippen LogP) is 3.79. The number of carbonyl (C=O) groups excluding carboxylic acids is 1. The Bertz CT molecular complexity index is 915. The van der Waals surface area contributed by atoms with Gasteiger partial charge in [-0.25, -0.2) is 4.39 Å². The number of ether oxygens (including phenoxy) is 2. The number of rotatable bonds is 2. The van der Waals surface area contributed by atoms with E-state index in [0.29, 0.717) is 29.2 Å². The van der Waals surface area contributed by atoms with Gasteiger partial charge in [0.25, 0.3) is 5.91 Å². The van der Waals surface area contributed by atoms with Gasteiger partial charge in [-0.05, 0) is 35.9 Å². The summed E-state index contributed by atoms with van der Waals surface area (Å²) in [7, 11) is 1.59. The maximum absolute atomic E-state index is 13.6. The second-order valence-electron chi connectivity index (χ2n) is 5.59. The number of nitrogens with one attached hydrogen (secondary N) is 1. The zero-order valence-electron chi connectivity index (χ0n) is 12.9. The lowest BCUT2D eigenvalue weighted by Crippen LogP contribution is -2.05. The Morgan fingerprint density at radius 2 is 2.08 bits per heavy atom. The minimum Gasteiger partial charge on any atom is -0.504 e. The Morgan fingerprint density at radius 1 is 1.21 bits per heavy atom. The van der Waals surface area contributed by atoms with Gasteiger partial charge in [-0.1, -0.05) is 12.1 Å². The molecule has 4 rings (SSSR count). The van der Waals surface area contributed by atoms with Crippen molar-refractivity contribution in [2.24, 2.45) is 0 Å². The molecule has 0 radical (unpaired) electrons. The van der Waals surface area contributed by atoms with Crippen LogP contribution in [0.3, 0.4) is 0 Å². The molecule has 0 fully saturated rings. The lowest BCUT2D eigenvalue weighted by molar-refractivity contribution is -0.110. The first-order valence-corrected chi connectivity index (χ1v) is 7.48. The number of anilines is 1. The van der Waals surface area contributed by atoms with Crippen LogP contribution in [-0.2, 0) is 20.9 Å². The van der Waals surface area contributed by atoms with Gasteiger partial charge in [0.2, 0.25) is 0 Å². The van der Waals surface area contributed by atoms with Gasteiger partial charge in [-0.2, -0.15) is 0 Å². The number of hydrogen-bond donors (Lipinski definition) is 1. The fraction of sp³-hybridized carbons (Fsp3) is 0.105. The molecule has 2 heterocycles. The number of fused-ring (bicyclic) bond motifs is 2. The molecule has 0 aliphatic carbocycles. The smallest absolute Gasteiger partial charge is 0.260 e. The summed E-state index contributed by atoms with van der Waals surface area (Å²) in [6.07, 6.45) is 3.44. The van der Waals surface area contributed by atoms with Gasteiger partial charge in [0.05, 0.1) is 18.9 Å². The van der Waals surface area contributed by atoms with Crippen LogP contribution < -0.4 is 5.32 Å². The summed E-state index contributed by atoms with van der Waals surface area (Å²) in [5.74, 6) is -0.169. The van der Waals surface area contributed by atoms with Crippen LogP contribution in [0.25, 0.3) is 17.4 Å². The molecule has 1 N–H and O–H groups in total. The van der Waals surface area contributed by atoms with Crippen LogP contribution in [0.15, 0.2) is 42.7 Å². The first-order chi connectivity index (χ1) is 11.7. The minimum atomic E-state index is -0.387. The highest BCUT2D eigenvalue weighted by molar-refractivity contribution is 6.36. The quantitative estimate of drug-likeness (QED) is 0.675. The zero-order valence-corrected chi connectivity index (χ0v) is 12.9. The summed E-state index contributed by atoms with van der Waals surface area (Å²) >= 11 is 0. The second kappa shape index (κ2) is 5.53. The molecular formula is C19H14FNO3. The van der Waals surface area contributed by atoms with E-state index in [2.05, 4.69) is 5.32 Å². The Hall–Kier alpha value is -3.08. The number of halogens is 1. The molecule has 120 valence electrons. The Labute approximate surface area is 138 Å². The van der Waals surface area contributed by atoms with Crippen LogP contribution in [0.2, 0.25) is 0 Å². The van der Waals surface area contributed by atoms with Crippen LogP contribution in [-0.4, -0.2) is 13.0 Å². The van der Waals surface area contributed by atoms with Gasteiger partial charge in [-0.15, -0.1) is 0 Å². The summed E-state index contributed by atoms with van der Waals surface area (Å²) in [5.41, 5.74) is 4.32. The summed E-state index contributed by atoms with van der Waals surface area (Å²) in [4.78, 5) is 12.3. The maximum Gasteiger partial charge on any atom is 0.260 e. The predicted molar refractivity (Wildman–Crippen MR) is 89.1 cm³/mol. The van der Waals surface area contributed by atoms with Crippen molar-refractivity contribution in [1.82, 2.24) is 0 Å². The van der Waals surface area contributed by atoms with E-state index in [-0.39, 0.29) is 11.7 Å². The molecule has 4 nitrogen and oxygen atoms in total. The fourth-order valence-corrected chi connectivity index (χ4v) is 3.00. The number of benzene rings is 2. The van der Waals surface area contributed by atoms with Crippen molar-refractivity contribution in [1.29, 1.82) is 0 Å². The van der Waals surface area contributed by atoms with E-state index < -0.39 is 0 Å². The third-order valence-corrected chi connectivity index (χ3v) is 4.10. The van der Waals surface area contributed by atoms with Crippen molar-refractivity contribution in [3.8, 4) is 0 Å². The van der Waals surface area contributed by atoms with E-state index in [0.717, 1.165) is 16.7 Å². The monoisotopic (exact) mass is 323 g/mol. The topological polar surface area (TPSA) is 47.6 Å². The Morgan fingerprint density at radius 3 is 2.92 bits per heavy atom. The molecular weight excluding hydrogens is 309 g/mol. The molecule has 2 aromatic rings. The van der Waals surface area contributed by atoms with E-state index in [1.54, 1.807) is 19.4 Å². The number of amides is 1. The largest absolute Gasteiger partial charge is 0.504 e. The van der Waals surface area contributed by atoms with Crippen molar-refractivity contribution < 1.29 is 18.7 Å². The summed E-state index contributed by atoms with van der Waals surface area (Å²) in [6, 6.07) is 10.0. The Balaban J connectivity index is 1.83. The minimum absolute atomic E-state index is 0.276. The van der Waals surface area contributed by atoms with Crippen molar-refractivity contribution in [2.45, 2.75) is 6.61 Å². The molecule has 1 amide bonds. The van der Waals surface area contributed by atoms with Gasteiger partial charge in [-0.3, -0.25) is 4.79 Å². The average Bonchev–Trinajstić information content (AvgIpc) is 3.12. The highest BCUT2D eigenvalue weighted by Gasteiger charge is 2.32. The van der Waals surface area contributed by atoms with Gasteiger partial charge >= 0.3 is 0 Å². The normalized spacial score (nSPS) is 18.3. The third kappa shape index (κ3) is 2.25. The Kier molecular flexibility index (Phi) is 3.34. The van der Waals surface area contributed by atoms with Crippen molar-refractivity contribution in [2.75, 3.05) is 12.4 Å². The number of hydrogen-bond acceptors (Lipinski definition) is 3. The van der Waals surface area contributed by atoms with Gasteiger partial charge in [0.15, 0.2) is 0 Å². The maximum atomic E-state index is 13.6. The van der Waals surface area contributed by atoms with Crippen LogP contribution in [0.4, 0.5) is 10.1 Å². The zero-order chi connectivity index (χ0) is 16.7. The van der Waals surface area contributed by atoms with Gasteiger partial charge in [0, 0.05) is 22.4 Å². The molecule has 0 bridgehead atoms. The van der Waals surface area contributed by atoms with Gasteiger partial charge in [0.1, 0.15) is 18.2 Å². The van der Waals surface area contributed by atoms with Crippen molar-refractivity contribution in [3.63, 3.8) is 0 Å². The molecule has 2 aromatic carbocycles. The molecule has 2 aliphatic heterocycles. The highest BCUT2D eigenvalue weighted by Crippen LogP contribution is 2.41. The third-order valence-electron chi connectivity index (χ3n) is 4.10. The van der Waals surface area contributed by atoms with E-state index in [9.17, 15) is 9.18 Å². The summed E-state index contributed by atoms with van der Waals surface area (Å²) < 4.78 is 24.3. The van der Waals surface area contributed by atoms with Crippen LogP contribution >= 0.6 is 0 Å². The first-order valence-electron chi connectivity index (χ1n) is 7.48. The molecule has 0 aromatic heterocycles. The molecule has 24 heavy (non-hydrogen) atoms. The summed E-state index contributed by atoms with van der Waals surface area (Å²) in [5, 5.41) is 2.75. The number of methoxy groups -OCH3 is 1. The highest BCUT2D eigenvalue weighted by atomic mass is 19.1. The lowest BCUT2D eigenvalue weighted by atomic mass is 9.99. The number of carbonyl (C=O) groups is 1. The van der Waals surface area contributed by atoms with E-state index in [1.807, 2.05) is 24.3 Å².